The number of thiazole rings is 1. The van der Waals surface area contributed by atoms with Gasteiger partial charge in [0.1, 0.15) is 17.0 Å². The number of hydrogen-bond donors (Lipinski definition) is 2. The van der Waals surface area contributed by atoms with Crippen molar-refractivity contribution in [2.75, 3.05) is 24.3 Å². The van der Waals surface area contributed by atoms with Gasteiger partial charge in [-0.2, -0.15) is 0 Å². The largest absolute Gasteiger partial charge is 0.496 e. The van der Waals surface area contributed by atoms with Gasteiger partial charge >= 0.3 is 0 Å². The molecule has 1 amide bonds. The van der Waals surface area contributed by atoms with Gasteiger partial charge < -0.3 is 14.8 Å². The van der Waals surface area contributed by atoms with Gasteiger partial charge in [-0.15, -0.1) is 0 Å². The average molecular weight is 470 g/mol. The number of anilines is 2. The highest BCUT2D eigenvalue weighted by Gasteiger charge is 2.19. The molecule has 2 N–H and O–H groups in total. The number of benzene rings is 3. The highest BCUT2D eigenvalue weighted by molar-refractivity contribution is 7.93. The van der Waals surface area contributed by atoms with Crippen molar-refractivity contribution in [3.8, 4) is 11.5 Å². The number of fused-ring (bicyclic) bond motifs is 1. The Hall–Kier alpha value is -3.63. The highest BCUT2D eigenvalue weighted by atomic mass is 32.2. The third-order valence-corrected chi connectivity index (χ3v) is 6.97. The molecular weight excluding hydrogens is 450 g/mol. The van der Waals surface area contributed by atoms with Gasteiger partial charge in [-0.05, 0) is 30.3 Å². The number of methoxy groups -OCH3 is 2. The van der Waals surface area contributed by atoms with Gasteiger partial charge in [-0.25, -0.2) is 13.4 Å². The number of para-hydroxylation sites is 1. The first-order chi connectivity index (χ1) is 15.4. The predicted molar refractivity (Wildman–Crippen MR) is 124 cm³/mol. The zero-order valence-electron chi connectivity index (χ0n) is 17.2. The summed E-state index contributed by atoms with van der Waals surface area (Å²) >= 11 is 1.14. The van der Waals surface area contributed by atoms with Crippen LogP contribution in [0.2, 0.25) is 0 Å². The Morgan fingerprint density at radius 3 is 2.34 bits per heavy atom. The lowest BCUT2D eigenvalue weighted by Gasteiger charge is -2.10. The van der Waals surface area contributed by atoms with Crippen LogP contribution in [-0.2, 0) is 10.0 Å². The number of aromatic nitrogens is 1. The molecule has 4 rings (SSSR count). The van der Waals surface area contributed by atoms with Crippen LogP contribution in [0.3, 0.4) is 0 Å². The van der Waals surface area contributed by atoms with E-state index in [1.54, 1.807) is 54.6 Å². The molecule has 10 heteroatoms. The monoisotopic (exact) mass is 469 g/mol. The molecule has 0 spiro atoms. The quantitative estimate of drug-likeness (QED) is 0.416. The Bertz CT molecular complexity index is 1390. The summed E-state index contributed by atoms with van der Waals surface area (Å²) in [5, 5.41) is 3.01. The van der Waals surface area contributed by atoms with Crippen LogP contribution in [-0.4, -0.2) is 33.5 Å². The van der Waals surface area contributed by atoms with Crippen LogP contribution in [0, 0.1) is 0 Å². The maximum absolute atomic E-state index is 12.7. The fourth-order valence-corrected chi connectivity index (χ4v) is 5.25. The number of nitrogens with zero attached hydrogens (tertiary/aromatic N) is 1. The minimum atomic E-state index is -3.78. The lowest BCUT2D eigenvalue weighted by molar-refractivity contribution is 0.102. The molecule has 1 aromatic heterocycles. The molecule has 0 saturated heterocycles. The van der Waals surface area contributed by atoms with Gasteiger partial charge in [0.15, 0.2) is 5.13 Å². The van der Waals surface area contributed by atoms with Gasteiger partial charge in [-0.1, -0.05) is 41.7 Å². The maximum Gasteiger partial charge on any atom is 0.263 e. The number of amides is 1. The fourth-order valence-electron chi connectivity index (χ4n) is 3.07. The van der Waals surface area contributed by atoms with Crippen molar-refractivity contribution in [3.05, 3.63) is 72.3 Å². The molecule has 32 heavy (non-hydrogen) atoms. The summed E-state index contributed by atoms with van der Waals surface area (Å²) in [5.41, 5.74) is 1.35. The molecule has 8 nitrogen and oxygen atoms in total. The first-order valence-electron chi connectivity index (χ1n) is 9.42. The van der Waals surface area contributed by atoms with Crippen molar-refractivity contribution < 1.29 is 22.7 Å². The number of carbonyl (C=O) groups is 1. The molecule has 0 radical (unpaired) electrons. The van der Waals surface area contributed by atoms with Crippen molar-refractivity contribution in [2.24, 2.45) is 0 Å². The van der Waals surface area contributed by atoms with Crippen molar-refractivity contribution in [2.45, 2.75) is 4.90 Å². The van der Waals surface area contributed by atoms with Crippen LogP contribution in [0.5, 0.6) is 11.5 Å². The van der Waals surface area contributed by atoms with Gasteiger partial charge in [0.05, 0.1) is 29.4 Å². The second-order valence-electron chi connectivity index (χ2n) is 6.62. The number of ether oxygens (including phenoxy) is 2. The van der Waals surface area contributed by atoms with Crippen molar-refractivity contribution in [1.29, 1.82) is 0 Å². The summed E-state index contributed by atoms with van der Waals surface area (Å²) in [6, 6.07) is 18.3. The molecule has 164 valence electrons. The standard InChI is InChI=1S/C22H19N3O5S2/c1-29-17-11-7-6-10-16(17)21(26)23-14-12-18(30-2)20-19(13-14)31-22(24-20)25-32(27,28)15-8-4-3-5-9-15/h3-13H,1-2H3,(H,23,26)(H,24,25). The van der Waals surface area contributed by atoms with E-state index in [9.17, 15) is 13.2 Å². The van der Waals surface area contributed by atoms with Crippen LogP contribution >= 0.6 is 11.3 Å². The highest BCUT2D eigenvalue weighted by Crippen LogP contribution is 2.36. The topological polar surface area (TPSA) is 107 Å². The summed E-state index contributed by atoms with van der Waals surface area (Å²) in [6.45, 7) is 0. The first kappa shape index (κ1) is 21.6. The molecule has 0 fully saturated rings. The summed E-state index contributed by atoms with van der Waals surface area (Å²) in [5.74, 6) is 0.506. The lowest BCUT2D eigenvalue weighted by Crippen LogP contribution is -2.13. The second kappa shape index (κ2) is 8.85. The summed E-state index contributed by atoms with van der Waals surface area (Å²) in [7, 11) is -0.803. The van der Waals surface area contributed by atoms with E-state index in [0.29, 0.717) is 33.0 Å². The van der Waals surface area contributed by atoms with E-state index < -0.39 is 10.0 Å². The molecule has 0 aliphatic heterocycles. The third kappa shape index (κ3) is 4.36. The molecule has 0 aliphatic carbocycles. The van der Waals surface area contributed by atoms with E-state index in [4.69, 9.17) is 9.47 Å². The van der Waals surface area contributed by atoms with Crippen LogP contribution in [0.4, 0.5) is 10.8 Å². The molecule has 0 bridgehead atoms. The van der Waals surface area contributed by atoms with E-state index in [1.165, 1.54) is 26.4 Å². The zero-order valence-corrected chi connectivity index (χ0v) is 18.8. The second-order valence-corrected chi connectivity index (χ2v) is 9.33. The number of rotatable bonds is 7. The molecule has 0 saturated carbocycles. The molecule has 0 atom stereocenters. The van der Waals surface area contributed by atoms with Crippen LogP contribution in [0.25, 0.3) is 10.2 Å². The average Bonchev–Trinajstić information content (AvgIpc) is 3.20. The summed E-state index contributed by atoms with van der Waals surface area (Å²) in [4.78, 5) is 17.2. The molecule has 0 aliphatic rings. The third-order valence-electron chi connectivity index (χ3n) is 4.56. The number of hydrogen-bond acceptors (Lipinski definition) is 7. The van der Waals surface area contributed by atoms with Gasteiger partial charge in [0, 0.05) is 11.8 Å². The minimum Gasteiger partial charge on any atom is -0.496 e. The van der Waals surface area contributed by atoms with Crippen molar-refractivity contribution >= 4 is 48.3 Å². The normalized spacial score (nSPS) is 11.2. The molecule has 3 aromatic carbocycles. The van der Waals surface area contributed by atoms with E-state index in [2.05, 4.69) is 15.0 Å². The van der Waals surface area contributed by atoms with E-state index >= 15 is 0 Å². The van der Waals surface area contributed by atoms with Gasteiger partial charge in [0.25, 0.3) is 15.9 Å². The van der Waals surface area contributed by atoms with E-state index in [-0.39, 0.29) is 15.9 Å². The van der Waals surface area contributed by atoms with Gasteiger partial charge in [0.2, 0.25) is 0 Å². The first-order valence-corrected chi connectivity index (χ1v) is 11.7. The Kier molecular flexibility index (Phi) is 5.97. The van der Waals surface area contributed by atoms with E-state index in [0.717, 1.165) is 11.3 Å². The number of sulfonamides is 1. The Morgan fingerprint density at radius 2 is 1.62 bits per heavy atom. The lowest BCUT2D eigenvalue weighted by atomic mass is 10.2. The summed E-state index contributed by atoms with van der Waals surface area (Å²) < 4.78 is 39.0. The van der Waals surface area contributed by atoms with E-state index in [1.807, 2.05) is 0 Å². The summed E-state index contributed by atoms with van der Waals surface area (Å²) in [6.07, 6.45) is 0. The molecular formula is C22H19N3O5S2. The molecule has 1 heterocycles. The predicted octanol–water partition coefficient (Wildman–Crippen LogP) is 4.37. The van der Waals surface area contributed by atoms with Crippen LogP contribution in [0.15, 0.2) is 71.6 Å². The Labute approximate surface area is 188 Å². The smallest absolute Gasteiger partial charge is 0.263 e. The van der Waals surface area contributed by atoms with Crippen molar-refractivity contribution in [3.63, 3.8) is 0 Å². The zero-order chi connectivity index (χ0) is 22.7. The Morgan fingerprint density at radius 1 is 0.938 bits per heavy atom. The minimum absolute atomic E-state index is 0.135. The van der Waals surface area contributed by atoms with Crippen LogP contribution in [0.1, 0.15) is 10.4 Å². The van der Waals surface area contributed by atoms with Crippen molar-refractivity contribution in [1.82, 2.24) is 4.98 Å². The maximum atomic E-state index is 12.7. The molecule has 0 unspecified atom stereocenters. The SMILES string of the molecule is COc1ccccc1C(=O)Nc1cc(OC)c2nc(NS(=O)(=O)c3ccccc3)sc2c1. The number of carbonyl (C=O) groups excluding carboxylic acids is 1. The van der Waals surface area contributed by atoms with Gasteiger partial charge in [-0.3, -0.25) is 9.52 Å². The van der Waals surface area contributed by atoms with Crippen LogP contribution < -0.4 is 19.5 Å². The molecule has 4 aromatic rings. The Balaban J connectivity index is 1.65. The number of nitrogens with one attached hydrogen (secondary N) is 2. The fraction of sp³-hybridized carbons (Fsp3) is 0.0909.